The number of nitrogens with one attached hydrogen (secondary N) is 1. The number of benzene rings is 1. The summed E-state index contributed by atoms with van der Waals surface area (Å²) in [7, 11) is 0. The van der Waals surface area contributed by atoms with Crippen LogP contribution >= 0.6 is 0 Å². The van der Waals surface area contributed by atoms with E-state index in [4.69, 9.17) is 10.6 Å². The molecule has 1 amide bonds. The molecule has 0 bridgehead atoms. The lowest BCUT2D eigenvalue weighted by atomic mass is 10.1. The first-order valence-corrected chi connectivity index (χ1v) is 6.21. The first-order valence-electron chi connectivity index (χ1n) is 6.21. The number of rotatable bonds is 5. The number of primary amides is 1. The number of anilines is 1. The van der Waals surface area contributed by atoms with Crippen molar-refractivity contribution in [1.29, 1.82) is 0 Å². The van der Waals surface area contributed by atoms with Crippen LogP contribution in [0.3, 0.4) is 0 Å². The SMILES string of the molecule is NC(=O)CONC1CCN(c2ccccc2)CC1. The molecule has 18 heavy (non-hydrogen) atoms. The predicted molar refractivity (Wildman–Crippen MR) is 70.0 cm³/mol. The van der Waals surface area contributed by atoms with Gasteiger partial charge in [0.05, 0.1) is 0 Å². The van der Waals surface area contributed by atoms with E-state index in [0.717, 1.165) is 25.9 Å². The molecule has 5 nitrogen and oxygen atoms in total. The lowest BCUT2D eigenvalue weighted by Crippen LogP contribution is -2.43. The van der Waals surface area contributed by atoms with Gasteiger partial charge in [-0.2, -0.15) is 5.48 Å². The molecule has 5 heteroatoms. The Morgan fingerprint density at radius 3 is 2.61 bits per heavy atom. The van der Waals surface area contributed by atoms with Gasteiger partial charge in [0.2, 0.25) is 5.91 Å². The van der Waals surface area contributed by atoms with E-state index >= 15 is 0 Å². The third-order valence-corrected chi connectivity index (χ3v) is 3.08. The number of nitrogens with two attached hydrogens (primary N) is 1. The van der Waals surface area contributed by atoms with E-state index in [0.29, 0.717) is 6.04 Å². The standard InChI is InChI=1S/C13H19N3O2/c14-13(17)10-18-15-11-6-8-16(9-7-11)12-4-2-1-3-5-12/h1-5,11,15H,6-10H2,(H2,14,17). The third-order valence-electron chi connectivity index (χ3n) is 3.08. The van der Waals surface area contributed by atoms with Crippen molar-refractivity contribution in [2.75, 3.05) is 24.6 Å². The second kappa shape index (κ2) is 6.37. The van der Waals surface area contributed by atoms with Crippen LogP contribution in [0.4, 0.5) is 5.69 Å². The summed E-state index contributed by atoms with van der Waals surface area (Å²) in [6, 6.07) is 10.7. The number of hydrogen-bond donors (Lipinski definition) is 2. The minimum Gasteiger partial charge on any atom is -0.371 e. The Balaban J connectivity index is 1.73. The van der Waals surface area contributed by atoms with Gasteiger partial charge in [0.25, 0.3) is 0 Å². The Morgan fingerprint density at radius 1 is 1.33 bits per heavy atom. The van der Waals surface area contributed by atoms with Crippen molar-refractivity contribution < 1.29 is 9.63 Å². The summed E-state index contributed by atoms with van der Waals surface area (Å²) in [5.41, 5.74) is 9.15. The summed E-state index contributed by atoms with van der Waals surface area (Å²) in [5.74, 6) is -0.454. The number of carbonyl (C=O) groups excluding carboxylic acids is 1. The van der Waals surface area contributed by atoms with Crippen molar-refractivity contribution >= 4 is 11.6 Å². The fourth-order valence-corrected chi connectivity index (χ4v) is 2.12. The van der Waals surface area contributed by atoms with Crippen molar-refractivity contribution in [3.05, 3.63) is 30.3 Å². The zero-order valence-corrected chi connectivity index (χ0v) is 10.3. The van der Waals surface area contributed by atoms with Crippen LogP contribution in [0.25, 0.3) is 0 Å². The molecule has 1 aromatic carbocycles. The highest BCUT2D eigenvalue weighted by Gasteiger charge is 2.19. The molecule has 2 rings (SSSR count). The number of nitrogens with zero attached hydrogens (tertiary/aromatic N) is 1. The molecular weight excluding hydrogens is 230 g/mol. The maximum absolute atomic E-state index is 10.5. The third kappa shape index (κ3) is 3.72. The molecule has 1 heterocycles. The Morgan fingerprint density at radius 2 is 2.00 bits per heavy atom. The Hall–Kier alpha value is -1.59. The van der Waals surface area contributed by atoms with E-state index in [1.54, 1.807) is 0 Å². The topological polar surface area (TPSA) is 67.6 Å². The van der Waals surface area contributed by atoms with E-state index in [1.165, 1.54) is 5.69 Å². The quantitative estimate of drug-likeness (QED) is 0.752. The maximum atomic E-state index is 10.5. The molecule has 0 spiro atoms. The monoisotopic (exact) mass is 249 g/mol. The number of amides is 1. The van der Waals surface area contributed by atoms with Crippen LogP contribution in [0.5, 0.6) is 0 Å². The minimum absolute atomic E-state index is 0.0705. The molecule has 1 saturated heterocycles. The van der Waals surface area contributed by atoms with E-state index < -0.39 is 5.91 Å². The van der Waals surface area contributed by atoms with Crippen molar-refractivity contribution in [1.82, 2.24) is 5.48 Å². The second-order valence-corrected chi connectivity index (χ2v) is 4.47. The molecule has 0 saturated carbocycles. The van der Waals surface area contributed by atoms with Gasteiger partial charge in [-0.3, -0.25) is 9.63 Å². The summed E-state index contributed by atoms with van der Waals surface area (Å²) in [6.45, 7) is 1.90. The Kier molecular flexibility index (Phi) is 4.55. The summed E-state index contributed by atoms with van der Waals surface area (Å²) < 4.78 is 0. The predicted octanol–water partition coefficient (Wildman–Crippen LogP) is 0.662. The van der Waals surface area contributed by atoms with Gasteiger partial charge in [0, 0.05) is 24.8 Å². The van der Waals surface area contributed by atoms with E-state index in [9.17, 15) is 4.79 Å². The van der Waals surface area contributed by atoms with E-state index in [-0.39, 0.29) is 6.61 Å². The second-order valence-electron chi connectivity index (χ2n) is 4.47. The van der Waals surface area contributed by atoms with Crippen molar-refractivity contribution in [2.45, 2.75) is 18.9 Å². The summed E-state index contributed by atoms with van der Waals surface area (Å²) >= 11 is 0. The molecule has 0 aliphatic carbocycles. The lowest BCUT2D eigenvalue weighted by molar-refractivity contribution is -0.126. The van der Waals surface area contributed by atoms with Gasteiger partial charge < -0.3 is 10.6 Å². The largest absolute Gasteiger partial charge is 0.371 e. The normalized spacial score (nSPS) is 16.8. The van der Waals surface area contributed by atoms with E-state index in [2.05, 4.69) is 34.6 Å². The van der Waals surface area contributed by atoms with Crippen LogP contribution in [0.2, 0.25) is 0 Å². The summed E-state index contributed by atoms with van der Waals surface area (Å²) in [5, 5.41) is 0. The summed E-state index contributed by atoms with van der Waals surface area (Å²) in [4.78, 5) is 17.9. The number of para-hydroxylation sites is 1. The molecule has 0 unspecified atom stereocenters. The van der Waals surface area contributed by atoms with Crippen LogP contribution in [-0.2, 0) is 9.63 Å². The average molecular weight is 249 g/mol. The molecule has 0 aromatic heterocycles. The number of carbonyl (C=O) groups is 1. The fourth-order valence-electron chi connectivity index (χ4n) is 2.12. The fraction of sp³-hybridized carbons (Fsp3) is 0.462. The number of hydroxylamine groups is 1. The van der Waals surface area contributed by atoms with E-state index in [1.807, 2.05) is 6.07 Å². The minimum atomic E-state index is -0.454. The first kappa shape index (κ1) is 12.9. The molecule has 0 atom stereocenters. The van der Waals surface area contributed by atoms with Gasteiger partial charge in [-0.25, -0.2) is 0 Å². The lowest BCUT2D eigenvalue weighted by Gasteiger charge is -2.33. The van der Waals surface area contributed by atoms with Gasteiger partial charge in [0.15, 0.2) is 0 Å². The number of piperidine rings is 1. The Labute approximate surface area is 107 Å². The molecule has 1 aliphatic rings. The maximum Gasteiger partial charge on any atom is 0.245 e. The number of hydrogen-bond acceptors (Lipinski definition) is 4. The Bertz CT molecular complexity index is 375. The van der Waals surface area contributed by atoms with Gasteiger partial charge in [-0.15, -0.1) is 0 Å². The van der Waals surface area contributed by atoms with Gasteiger partial charge >= 0.3 is 0 Å². The van der Waals surface area contributed by atoms with Crippen LogP contribution in [0.15, 0.2) is 30.3 Å². The van der Waals surface area contributed by atoms with Gasteiger partial charge in [-0.05, 0) is 25.0 Å². The van der Waals surface area contributed by atoms with Crippen molar-refractivity contribution in [3.8, 4) is 0 Å². The molecule has 1 aromatic rings. The van der Waals surface area contributed by atoms with Crippen LogP contribution in [-0.4, -0.2) is 31.6 Å². The molecule has 98 valence electrons. The van der Waals surface area contributed by atoms with Crippen LogP contribution in [0.1, 0.15) is 12.8 Å². The average Bonchev–Trinajstić information content (AvgIpc) is 2.40. The van der Waals surface area contributed by atoms with Crippen LogP contribution in [0, 0.1) is 0 Å². The molecule has 1 fully saturated rings. The van der Waals surface area contributed by atoms with Crippen molar-refractivity contribution in [3.63, 3.8) is 0 Å². The smallest absolute Gasteiger partial charge is 0.245 e. The molecule has 1 aliphatic heterocycles. The zero-order chi connectivity index (χ0) is 12.8. The highest BCUT2D eigenvalue weighted by molar-refractivity contribution is 5.74. The first-order chi connectivity index (χ1) is 8.75. The molecular formula is C13H19N3O2. The molecule has 3 N–H and O–H groups in total. The highest BCUT2D eigenvalue weighted by atomic mass is 16.6. The summed E-state index contributed by atoms with van der Waals surface area (Å²) in [6.07, 6.45) is 1.99. The highest BCUT2D eigenvalue weighted by Crippen LogP contribution is 2.19. The zero-order valence-electron chi connectivity index (χ0n) is 10.3. The van der Waals surface area contributed by atoms with Gasteiger partial charge in [-0.1, -0.05) is 18.2 Å². The molecule has 0 radical (unpaired) electrons. The van der Waals surface area contributed by atoms with Gasteiger partial charge in [0.1, 0.15) is 6.61 Å². The van der Waals surface area contributed by atoms with Crippen molar-refractivity contribution in [2.24, 2.45) is 5.73 Å². The van der Waals surface area contributed by atoms with Crippen LogP contribution < -0.4 is 16.1 Å².